The summed E-state index contributed by atoms with van der Waals surface area (Å²) in [6.45, 7) is 1.23. The first kappa shape index (κ1) is 9.29. The van der Waals surface area contributed by atoms with Crippen molar-refractivity contribution in [2.75, 3.05) is 6.54 Å². The highest BCUT2D eigenvalue weighted by Crippen LogP contribution is 2.12. The Morgan fingerprint density at radius 1 is 1.50 bits per heavy atom. The van der Waals surface area contributed by atoms with Gasteiger partial charge in [0.15, 0.2) is 5.82 Å². The van der Waals surface area contributed by atoms with Gasteiger partial charge in [0.05, 0.1) is 6.54 Å². The second kappa shape index (κ2) is 4.30. The van der Waals surface area contributed by atoms with Gasteiger partial charge in [-0.15, -0.1) is 16.4 Å². The van der Waals surface area contributed by atoms with Gasteiger partial charge in [-0.2, -0.15) is 0 Å². The average Bonchev–Trinajstić information content (AvgIpc) is 2.80. The maximum atomic E-state index is 5.45. The van der Waals surface area contributed by atoms with Crippen molar-refractivity contribution < 1.29 is 0 Å². The average molecular weight is 209 g/mol. The van der Waals surface area contributed by atoms with E-state index in [0.29, 0.717) is 13.1 Å². The third-order valence-corrected chi connectivity index (χ3v) is 2.74. The van der Waals surface area contributed by atoms with Crippen LogP contribution in [0.2, 0.25) is 0 Å². The fourth-order valence-corrected chi connectivity index (χ4v) is 1.92. The number of nitrogens with zero attached hydrogens (tertiary/aromatic N) is 4. The fraction of sp³-hybridized carbons (Fsp3) is 0.375. The van der Waals surface area contributed by atoms with Gasteiger partial charge in [0.2, 0.25) is 0 Å². The second-order valence-corrected chi connectivity index (χ2v) is 3.90. The Morgan fingerprint density at radius 3 is 3.14 bits per heavy atom. The molecule has 0 aromatic carbocycles. The molecule has 6 heteroatoms. The van der Waals surface area contributed by atoms with Gasteiger partial charge in [-0.1, -0.05) is 6.07 Å². The topological polar surface area (TPSA) is 69.6 Å². The quantitative estimate of drug-likeness (QED) is 0.785. The summed E-state index contributed by atoms with van der Waals surface area (Å²) >= 11 is 1.71. The molecule has 0 amide bonds. The van der Waals surface area contributed by atoms with Crippen LogP contribution < -0.4 is 5.73 Å². The second-order valence-electron chi connectivity index (χ2n) is 2.86. The molecule has 2 aromatic heterocycles. The van der Waals surface area contributed by atoms with E-state index in [1.54, 1.807) is 16.0 Å². The van der Waals surface area contributed by atoms with Crippen molar-refractivity contribution in [2.45, 2.75) is 13.0 Å². The molecular weight excluding hydrogens is 198 g/mol. The predicted molar refractivity (Wildman–Crippen MR) is 54.0 cm³/mol. The van der Waals surface area contributed by atoms with E-state index in [-0.39, 0.29) is 0 Å². The number of rotatable bonds is 4. The lowest BCUT2D eigenvalue weighted by Gasteiger charge is -2.00. The van der Waals surface area contributed by atoms with Crippen LogP contribution in [0.5, 0.6) is 0 Å². The van der Waals surface area contributed by atoms with Crippen molar-refractivity contribution in [2.24, 2.45) is 5.73 Å². The molecule has 0 aliphatic carbocycles. The molecule has 0 bridgehead atoms. The highest BCUT2D eigenvalue weighted by atomic mass is 32.1. The van der Waals surface area contributed by atoms with Gasteiger partial charge in [-0.05, 0) is 21.9 Å². The molecule has 2 N–H and O–H groups in total. The van der Waals surface area contributed by atoms with Gasteiger partial charge in [0.25, 0.3) is 0 Å². The monoisotopic (exact) mass is 209 g/mol. The third kappa shape index (κ3) is 1.97. The summed E-state index contributed by atoms with van der Waals surface area (Å²) < 4.78 is 1.75. The van der Waals surface area contributed by atoms with Crippen molar-refractivity contribution in [3.8, 4) is 0 Å². The maximum absolute atomic E-state index is 5.45. The SMILES string of the molecule is NCCn1nnnc1Cc1cccs1. The Morgan fingerprint density at radius 2 is 2.43 bits per heavy atom. The van der Waals surface area contributed by atoms with E-state index in [1.165, 1.54) is 4.88 Å². The van der Waals surface area contributed by atoms with E-state index < -0.39 is 0 Å². The molecule has 2 heterocycles. The summed E-state index contributed by atoms with van der Waals surface area (Å²) in [6.07, 6.45) is 0.782. The van der Waals surface area contributed by atoms with Gasteiger partial charge in [0.1, 0.15) is 0 Å². The number of thiophene rings is 1. The standard InChI is InChI=1S/C8H11N5S/c9-3-4-13-8(10-11-12-13)6-7-2-1-5-14-7/h1-2,5H,3-4,6,9H2. The maximum Gasteiger partial charge on any atom is 0.156 e. The summed E-state index contributed by atoms with van der Waals surface area (Å²) in [5.74, 6) is 0.873. The highest BCUT2D eigenvalue weighted by molar-refractivity contribution is 7.09. The Hall–Kier alpha value is -1.27. The van der Waals surface area contributed by atoms with Gasteiger partial charge >= 0.3 is 0 Å². The summed E-state index contributed by atoms with van der Waals surface area (Å²) in [7, 11) is 0. The van der Waals surface area contributed by atoms with Crippen molar-refractivity contribution in [3.05, 3.63) is 28.2 Å². The molecule has 0 aliphatic heterocycles. The summed E-state index contributed by atoms with van der Waals surface area (Å²) in [4.78, 5) is 1.26. The Balaban J connectivity index is 2.12. The predicted octanol–water partition coefficient (Wildman–Crippen LogP) is 0.284. The minimum absolute atomic E-state index is 0.558. The molecule has 0 spiro atoms. The van der Waals surface area contributed by atoms with Crippen LogP contribution in [0.4, 0.5) is 0 Å². The van der Waals surface area contributed by atoms with E-state index in [4.69, 9.17) is 5.73 Å². The number of hydrogen-bond acceptors (Lipinski definition) is 5. The van der Waals surface area contributed by atoms with Crippen LogP contribution in [0.1, 0.15) is 10.7 Å². The molecular formula is C8H11N5S. The molecule has 2 aromatic rings. The normalized spacial score (nSPS) is 10.6. The zero-order valence-corrected chi connectivity index (χ0v) is 8.44. The zero-order valence-electron chi connectivity index (χ0n) is 7.63. The summed E-state index contributed by atoms with van der Waals surface area (Å²) in [5.41, 5.74) is 5.45. The van der Waals surface area contributed by atoms with Crippen LogP contribution in [0, 0.1) is 0 Å². The third-order valence-electron chi connectivity index (χ3n) is 1.86. The lowest BCUT2D eigenvalue weighted by atomic mass is 10.3. The van der Waals surface area contributed by atoms with E-state index in [0.717, 1.165) is 12.2 Å². The Bertz CT molecular complexity index is 380. The van der Waals surface area contributed by atoms with Gasteiger partial charge < -0.3 is 5.73 Å². The molecule has 0 unspecified atom stereocenters. The van der Waals surface area contributed by atoms with E-state index >= 15 is 0 Å². The van der Waals surface area contributed by atoms with Crippen molar-refractivity contribution in [1.82, 2.24) is 20.2 Å². The van der Waals surface area contributed by atoms with Crippen LogP contribution in [0.15, 0.2) is 17.5 Å². The molecule has 2 rings (SSSR count). The van der Waals surface area contributed by atoms with Crippen LogP contribution in [0.3, 0.4) is 0 Å². The summed E-state index contributed by atoms with van der Waals surface area (Å²) in [5, 5.41) is 13.5. The molecule has 0 radical (unpaired) electrons. The fourth-order valence-electron chi connectivity index (χ4n) is 1.21. The molecule has 0 saturated heterocycles. The smallest absolute Gasteiger partial charge is 0.156 e. The highest BCUT2D eigenvalue weighted by Gasteiger charge is 2.06. The molecule has 14 heavy (non-hydrogen) atoms. The van der Waals surface area contributed by atoms with Crippen LogP contribution in [-0.4, -0.2) is 26.8 Å². The van der Waals surface area contributed by atoms with E-state index in [9.17, 15) is 0 Å². The molecule has 74 valence electrons. The lowest BCUT2D eigenvalue weighted by molar-refractivity contribution is 0.578. The van der Waals surface area contributed by atoms with Gasteiger partial charge in [0, 0.05) is 17.8 Å². The van der Waals surface area contributed by atoms with Crippen molar-refractivity contribution >= 4 is 11.3 Å². The lowest BCUT2D eigenvalue weighted by Crippen LogP contribution is -2.14. The Kier molecular flexibility index (Phi) is 2.85. The molecule has 0 saturated carbocycles. The van der Waals surface area contributed by atoms with Gasteiger partial charge in [-0.25, -0.2) is 4.68 Å². The zero-order chi connectivity index (χ0) is 9.80. The molecule has 0 fully saturated rings. The largest absolute Gasteiger partial charge is 0.329 e. The molecule has 0 atom stereocenters. The minimum atomic E-state index is 0.558. The number of tetrazole rings is 1. The summed E-state index contributed by atoms with van der Waals surface area (Å²) in [6, 6.07) is 4.10. The first-order valence-corrected chi connectivity index (χ1v) is 5.25. The first-order valence-electron chi connectivity index (χ1n) is 4.37. The van der Waals surface area contributed by atoms with E-state index in [2.05, 4.69) is 21.6 Å². The minimum Gasteiger partial charge on any atom is -0.329 e. The molecule has 0 aliphatic rings. The number of nitrogens with two attached hydrogens (primary N) is 1. The van der Waals surface area contributed by atoms with Gasteiger partial charge in [-0.3, -0.25) is 0 Å². The van der Waals surface area contributed by atoms with Crippen LogP contribution >= 0.6 is 11.3 Å². The Labute approximate surface area is 85.5 Å². The molecule has 5 nitrogen and oxygen atoms in total. The van der Waals surface area contributed by atoms with Crippen molar-refractivity contribution in [1.29, 1.82) is 0 Å². The van der Waals surface area contributed by atoms with Crippen molar-refractivity contribution in [3.63, 3.8) is 0 Å². The first-order chi connectivity index (χ1) is 6.90. The van der Waals surface area contributed by atoms with Crippen LogP contribution in [0.25, 0.3) is 0 Å². The van der Waals surface area contributed by atoms with E-state index in [1.807, 2.05) is 11.4 Å². The van der Waals surface area contributed by atoms with Crippen LogP contribution in [-0.2, 0) is 13.0 Å². The number of aromatic nitrogens is 4. The number of hydrogen-bond donors (Lipinski definition) is 1.